The van der Waals surface area contributed by atoms with E-state index in [1.165, 1.54) is 18.2 Å². The van der Waals surface area contributed by atoms with Crippen LogP contribution in [0.5, 0.6) is 5.75 Å². The first-order chi connectivity index (χ1) is 5.11. The molecule has 0 radical (unpaired) electrons. The summed E-state index contributed by atoms with van der Waals surface area (Å²) in [4.78, 5) is 10.3. The van der Waals surface area contributed by atoms with Gasteiger partial charge in [0.1, 0.15) is 5.75 Å². The molecule has 1 N–H and O–H groups in total. The molecule has 1 aromatic carbocycles. The minimum atomic E-state index is -1.23. The Morgan fingerprint density at radius 1 is 1.50 bits per heavy atom. The standard InChI is InChI=1S/C8H8O3.K/c1-5-4-6(8(10)11)2-3-7(5)9;/h2-4,9H,1H3,(H,10,11);/q;+1/p-1. The number of carboxylic acid groups (broad SMARTS) is 1. The van der Waals surface area contributed by atoms with E-state index in [0.717, 1.165) is 0 Å². The van der Waals surface area contributed by atoms with Crippen molar-refractivity contribution < 1.29 is 66.4 Å². The zero-order valence-electron chi connectivity index (χ0n) is 7.00. The van der Waals surface area contributed by atoms with Crippen LogP contribution in [0.1, 0.15) is 15.9 Å². The minimum absolute atomic E-state index is 0. The SMILES string of the molecule is Cc1cc(C(=O)[O-])ccc1O.[K+]. The molecule has 0 amide bonds. The third-order valence-electron chi connectivity index (χ3n) is 1.43. The number of carboxylic acids is 1. The van der Waals surface area contributed by atoms with Crippen LogP contribution in [0, 0.1) is 6.92 Å². The van der Waals surface area contributed by atoms with Gasteiger partial charge in [-0.15, -0.1) is 0 Å². The summed E-state index contributed by atoms with van der Waals surface area (Å²) < 4.78 is 0. The Morgan fingerprint density at radius 3 is 2.50 bits per heavy atom. The van der Waals surface area contributed by atoms with Crippen LogP contribution in [-0.4, -0.2) is 11.1 Å². The number of benzene rings is 1. The first-order valence-corrected chi connectivity index (χ1v) is 3.12. The molecule has 1 rings (SSSR count). The van der Waals surface area contributed by atoms with Crippen molar-refractivity contribution in [1.29, 1.82) is 0 Å². The van der Waals surface area contributed by atoms with Gasteiger partial charge in [-0.2, -0.15) is 0 Å². The summed E-state index contributed by atoms with van der Waals surface area (Å²) in [6.07, 6.45) is 0. The van der Waals surface area contributed by atoms with Crippen molar-refractivity contribution >= 4 is 5.97 Å². The molecule has 0 aromatic heterocycles. The van der Waals surface area contributed by atoms with Crippen LogP contribution < -0.4 is 56.5 Å². The number of aromatic carboxylic acids is 1. The van der Waals surface area contributed by atoms with Gasteiger partial charge in [-0.3, -0.25) is 0 Å². The summed E-state index contributed by atoms with van der Waals surface area (Å²) in [5, 5.41) is 19.3. The third-order valence-corrected chi connectivity index (χ3v) is 1.43. The molecule has 0 heterocycles. The van der Waals surface area contributed by atoms with Gasteiger partial charge in [-0.1, -0.05) is 0 Å². The van der Waals surface area contributed by atoms with E-state index < -0.39 is 5.97 Å². The summed E-state index contributed by atoms with van der Waals surface area (Å²) >= 11 is 0. The van der Waals surface area contributed by atoms with E-state index >= 15 is 0 Å². The van der Waals surface area contributed by atoms with E-state index in [-0.39, 0.29) is 62.7 Å². The smallest absolute Gasteiger partial charge is 0.545 e. The predicted octanol–water partition coefficient (Wildman–Crippen LogP) is -2.93. The summed E-state index contributed by atoms with van der Waals surface area (Å²) in [6.45, 7) is 1.63. The molecular weight excluding hydrogens is 183 g/mol. The van der Waals surface area contributed by atoms with E-state index in [9.17, 15) is 9.90 Å². The number of hydrogen-bond acceptors (Lipinski definition) is 3. The van der Waals surface area contributed by atoms with Crippen molar-refractivity contribution in [3.05, 3.63) is 29.3 Å². The topological polar surface area (TPSA) is 60.4 Å². The molecule has 3 nitrogen and oxygen atoms in total. The maximum Gasteiger partial charge on any atom is 1.00 e. The van der Waals surface area contributed by atoms with Crippen LogP contribution in [0.2, 0.25) is 0 Å². The number of phenolic OH excluding ortho intramolecular Hbond substituents is 1. The number of carbonyl (C=O) groups is 1. The third kappa shape index (κ3) is 2.88. The maximum atomic E-state index is 10.3. The van der Waals surface area contributed by atoms with Crippen molar-refractivity contribution in [1.82, 2.24) is 0 Å². The largest absolute Gasteiger partial charge is 1.00 e. The van der Waals surface area contributed by atoms with Gasteiger partial charge in [0.25, 0.3) is 0 Å². The van der Waals surface area contributed by atoms with Crippen LogP contribution in [-0.2, 0) is 0 Å². The minimum Gasteiger partial charge on any atom is -0.545 e. The van der Waals surface area contributed by atoms with Crippen LogP contribution in [0.4, 0.5) is 0 Å². The van der Waals surface area contributed by atoms with E-state index in [4.69, 9.17) is 5.11 Å². The summed E-state index contributed by atoms with van der Waals surface area (Å²) in [6, 6.07) is 4.00. The Bertz CT molecular complexity index is 296. The molecule has 0 spiro atoms. The van der Waals surface area contributed by atoms with E-state index in [2.05, 4.69) is 0 Å². The van der Waals surface area contributed by atoms with E-state index in [0.29, 0.717) is 5.56 Å². The molecule has 0 unspecified atom stereocenters. The van der Waals surface area contributed by atoms with Crippen molar-refractivity contribution in [2.75, 3.05) is 0 Å². The van der Waals surface area contributed by atoms with Crippen molar-refractivity contribution in [3.63, 3.8) is 0 Å². The number of aryl methyl sites for hydroxylation is 1. The second kappa shape index (κ2) is 4.99. The Hall–Kier alpha value is 0.126. The fraction of sp³-hybridized carbons (Fsp3) is 0.125. The Kier molecular flexibility index (Phi) is 5.04. The Morgan fingerprint density at radius 2 is 2.08 bits per heavy atom. The average molecular weight is 190 g/mol. The van der Waals surface area contributed by atoms with Gasteiger partial charge in [0.2, 0.25) is 0 Å². The van der Waals surface area contributed by atoms with Gasteiger partial charge < -0.3 is 15.0 Å². The quantitative estimate of drug-likeness (QED) is 0.482. The second-order valence-electron chi connectivity index (χ2n) is 2.29. The monoisotopic (exact) mass is 190 g/mol. The van der Waals surface area contributed by atoms with Gasteiger partial charge in [0, 0.05) is 0 Å². The molecule has 0 fully saturated rings. The number of aromatic hydroxyl groups is 1. The average Bonchev–Trinajstić information content (AvgIpc) is 1.94. The van der Waals surface area contributed by atoms with Gasteiger partial charge in [0.05, 0.1) is 5.97 Å². The van der Waals surface area contributed by atoms with Crippen LogP contribution in [0.25, 0.3) is 0 Å². The van der Waals surface area contributed by atoms with Crippen molar-refractivity contribution in [3.8, 4) is 5.75 Å². The molecule has 1 aromatic rings. The molecule has 0 aliphatic heterocycles. The fourth-order valence-corrected chi connectivity index (χ4v) is 0.782. The molecule has 58 valence electrons. The van der Waals surface area contributed by atoms with Crippen LogP contribution in [0.15, 0.2) is 18.2 Å². The summed E-state index contributed by atoms with van der Waals surface area (Å²) in [5.41, 5.74) is 0.618. The zero-order chi connectivity index (χ0) is 8.43. The van der Waals surface area contributed by atoms with Crippen LogP contribution >= 0.6 is 0 Å². The van der Waals surface area contributed by atoms with E-state index in [1.807, 2.05) is 0 Å². The Labute approximate surface area is 113 Å². The molecule has 4 heteroatoms. The van der Waals surface area contributed by atoms with E-state index in [1.54, 1.807) is 6.92 Å². The first-order valence-electron chi connectivity index (χ1n) is 3.12. The van der Waals surface area contributed by atoms with Gasteiger partial charge >= 0.3 is 51.4 Å². The molecule has 0 atom stereocenters. The number of hydrogen-bond donors (Lipinski definition) is 1. The zero-order valence-corrected chi connectivity index (χ0v) is 10.1. The Balaban J connectivity index is 0.00000121. The fourth-order valence-electron chi connectivity index (χ4n) is 0.782. The molecule has 12 heavy (non-hydrogen) atoms. The van der Waals surface area contributed by atoms with Crippen molar-refractivity contribution in [2.24, 2.45) is 0 Å². The number of carbonyl (C=O) groups excluding carboxylic acids is 1. The molecule has 0 aliphatic rings. The molecule has 0 saturated carbocycles. The normalized spacial score (nSPS) is 8.75. The van der Waals surface area contributed by atoms with Gasteiger partial charge in [-0.05, 0) is 36.2 Å². The maximum absolute atomic E-state index is 10.3. The predicted molar refractivity (Wildman–Crippen MR) is 37.2 cm³/mol. The summed E-state index contributed by atoms with van der Waals surface area (Å²) in [7, 11) is 0. The van der Waals surface area contributed by atoms with Gasteiger partial charge in [-0.25, -0.2) is 0 Å². The van der Waals surface area contributed by atoms with Gasteiger partial charge in [0.15, 0.2) is 0 Å². The first kappa shape index (κ1) is 12.1. The molecular formula is C8H7KO3. The van der Waals surface area contributed by atoms with Crippen molar-refractivity contribution in [2.45, 2.75) is 6.92 Å². The molecule has 0 saturated heterocycles. The molecule has 0 bridgehead atoms. The molecule has 0 aliphatic carbocycles. The second-order valence-corrected chi connectivity index (χ2v) is 2.29. The summed E-state index contributed by atoms with van der Waals surface area (Å²) in [5.74, 6) is -1.14. The number of phenols is 1. The number of rotatable bonds is 1. The van der Waals surface area contributed by atoms with Crippen LogP contribution in [0.3, 0.4) is 0 Å².